The van der Waals surface area contributed by atoms with Crippen molar-refractivity contribution in [2.24, 2.45) is 0 Å². The second-order valence-corrected chi connectivity index (χ2v) is 6.88. The molecule has 1 N–H and O–H groups in total. The van der Waals surface area contributed by atoms with E-state index in [2.05, 4.69) is 12.2 Å². The number of unbranched alkanes of at least 4 members (excludes halogenated alkanes) is 11. The molecule has 0 aliphatic rings. The van der Waals surface area contributed by atoms with E-state index in [4.69, 9.17) is 0 Å². The molecule has 0 unspecified atom stereocenters. The van der Waals surface area contributed by atoms with Crippen LogP contribution in [0.2, 0.25) is 0 Å². The Balaban J connectivity index is 1.92. The molecule has 0 spiro atoms. The van der Waals surface area contributed by atoms with Gasteiger partial charge in [-0.05, 0) is 30.7 Å². The monoisotopic (exact) mass is 345 g/mol. The lowest BCUT2D eigenvalue weighted by Crippen LogP contribution is -2.03. The second-order valence-electron chi connectivity index (χ2n) is 6.88. The maximum absolute atomic E-state index is 11.2. The van der Waals surface area contributed by atoms with Gasteiger partial charge >= 0.3 is 0 Å². The van der Waals surface area contributed by atoms with Crippen LogP contribution in [0.4, 0.5) is 5.69 Å². The topological polar surface area (TPSA) is 46.2 Å². The third-order valence-electron chi connectivity index (χ3n) is 4.64. The normalized spacial score (nSPS) is 10.6. The maximum Gasteiger partial charge on any atom is 0.225 e. The van der Waals surface area contributed by atoms with Gasteiger partial charge in [-0.15, -0.1) is 0 Å². The fraction of sp³-hybridized carbons (Fsp3) is 0.636. The summed E-state index contributed by atoms with van der Waals surface area (Å²) in [6, 6.07) is 7.11. The van der Waals surface area contributed by atoms with E-state index in [1.165, 1.54) is 77.0 Å². The largest absolute Gasteiger partial charge is 0.385 e. The zero-order valence-corrected chi connectivity index (χ0v) is 15.9. The molecule has 0 amide bonds. The van der Waals surface area contributed by atoms with Gasteiger partial charge in [0.15, 0.2) is 6.29 Å². The summed E-state index contributed by atoms with van der Waals surface area (Å²) in [5.74, 6) is -0.465. The molecule has 1 aromatic carbocycles. The first kappa shape index (κ1) is 21.4. The minimum Gasteiger partial charge on any atom is -0.385 e. The minimum absolute atomic E-state index is 0.356. The van der Waals surface area contributed by atoms with Crippen molar-refractivity contribution >= 4 is 17.8 Å². The van der Waals surface area contributed by atoms with Crippen molar-refractivity contribution in [3.05, 3.63) is 29.8 Å². The summed E-state index contributed by atoms with van der Waals surface area (Å²) < 4.78 is 0. The van der Waals surface area contributed by atoms with Crippen LogP contribution in [-0.4, -0.2) is 18.6 Å². The summed E-state index contributed by atoms with van der Waals surface area (Å²) >= 11 is 0. The average Bonchev–Trinajstić information content (AvgIpc) is 2.65. The highest BCUT2D eigenvalue weighted by molar-refractivity contribution is 6.33. The van der Waals surface area contributed by atoms with Crippen molar-refractivity contribution in [2.45, 2.75) is 84.0 Å². The van der Waals surface area contributed by atoms with E-state index >= 15 is 0 Å². The van der Waals surface area contributed by atoms with Crippen LogP contribution in [0.25, 0.3) is 0 Å². The van der Waals surface area contributed by atoms with E-state index in [-0.39, 0.29) is 0 Å². The Morgan fingerprint density at radius 2 is 1.28 bits per heavy atom. The molecular formula is C22H35NO2. The summed E-state index contributed by atoms with van der Waals surface area (Å²) in [4.78, 5) is 21.7. The number of Topliss-reactive ketones (excluding diaryl/α,β-unsaturated/α-hetero) is 1. The van der Waals surface area contributed by atoms with E-state index in [0.29, 0.717) is 11.8 Å². The van der Waals surface area contributed by atoms with E-state index in [9.17, 15) is 9.59 Å². The Kier molecular flexibility index (Phi) is 12.6. The van der Waals surface area contributed by atoms with E-state index in [1.54, 1.807) is 12.1 Å². The van der Waals surface area contributed by atoms with Crippen molar-refractivity contribution < 1.29 is 9.59 Å². The van der Waals surface area contributed by atoms with E-state index < -0.39 is 5.78 Å². The molecule has 0 saturated carbocycles. The minimum atomic E-state index is -0.465. The summed E-state index contributed by atoms with van der Waals surface area (Å²) in [5, 5.41) is 3.36. The number of hydrogen-bond acceptors (Lipinski definition) is 3. The summed E-state index contributed by atoms with van der Waals surface area (Å²) in [6.07, 6.45) is 16.7. The highest BCUT2D eigenvalue weighted by Crippen LogP contribution is 2.13. The summed E-state index contributed by atoms with van der Waals surface area (Å²) in [5.41, 5.74) is 1.46. The van der Waals surface area contributed by atoms with Gasteiger partial charge in [-0.25, -0.2) is 0 Å². The number of rotatable bonds is 16. The van der Waals surface area contributed by atoms with Gasteiger partial charge in [0.1, 0.15) is 0 Å². The highest BCUT2D eigenvalue weighted by Gasteiger charge is 2.02. The van der Waals surface area contributed by atoms with Crippen LogP contribution in [0, 0.1) is 0 Å². The molecule has 0 saturated heterocycles. The molecule has 1 aromatic rings. The molecule has 0 bridgehead atoms. The number of hydrogen-bond donors (Lipinski definition) is 1. The Labute approximate surface area is 153 Å². The predicted molar refractivity (Wildman–Crippen MR) is 106 cm³/mol. The van der Waals surface area contributed by atoms with E-state index in [1.807, 2.05) is 12.1 Å². The number of anilines is 1. The molecule has 0 fully saturated rings. The Morgan fingerprint density at radius 1 is 0.800 bits per heavy atom. The molecule has 0 atom stereocenters. The molecule has 25 heavy (non-hydrogen) atoms. The second kappa shape index (κ2) is 14.7. The number of carbonyl (C=O) groups excluding carboxylic acids is 2. The first-order chi connectivity index (χ1) is 12.3. The maximum atomic E-state index is 11.2. The molecule has 3 nitrogen and oxygen atoms in total. The SMILES string of the molecule is CCCCCCCCCCCCCCNc1ccc(C(=O)C=O)cc1. The van der Waals surface area contributed by atoms with Gasteiger partial charge < -0.3 is 5.32 Å². The fourth-order valence-electron chi connectivity index (χ4n) is 3.02. The molecule has 0 aliphatic heterocycles. The molecule has 0 radical (unpaired) electrons. The van der Waals surface area contributed by atoms with Gasteiger partial charge in [0.2, 0.25) is 5.78 Å². The van der Waals surface area contributed by atoms with E-state index in [0.717, 1.165) is 12.2 Å². The van der Waals surface area contributed by atoms with Crippen molar-refractivity contribution in [1.29, 1.82) is 0 Å². The van der Waals surface area contributed by atoms with Crippen LogP contribution in [0.15, 0.2) is 24.3 Å². The molecule has 1 rings (SSSR count). The lowest BCUT2D eigenvalue weighted by Gasteiger charge is -2.07. The summed E-state index contributed by atoms with van der Waals surface area (Å²) in [7, 11) is 0. The van der Waals surface area contributed by atoms with Gasteiger partial charge in [0.05, 0.1) is 0 Å². The lowest BCUT2D eigenvalue weighted by molar-refractivity contribution is -0.104. The van der Waals surface area contributed by atoms with Crippen molar-refractivity contribution in [2.75, 3.05) is 11.9 Å². The van der Waals surface area contributed by atoms with Crippen molar-refractivity contribution in [1.82, 2.24) is 0 Å². The van der Waals surface area contributed by atoms with Crippen molar-refractivity contribution in [3.63, 3.8) is 0 Å². The van der Waals surface area contributed by atoms with Crippen LogP contribution in [0.1, 0.15) is 94.3 Å². The molecule has 0 aliphatic carbocycles. The molecule has 3 heteroatoms. The van der Waals surface area contributed by atoms with Gasteiger partial charge in [-0.3, -0.25) is 9.59 Å². The van der Waals surface area contributed by atoms with Crippen LogP contribution in [0.3, 0.4) is 0 Å². The lowest BCUT2D eigenvalue weighted by atomic mass is 10.1. The fourth-order valence-corrected chi connectivity index (χ4v) is 3.02. The molecule has 0 aromatic heterocycles. The van der Waals surface area contributed by atoms with Crippen LogP contribution >= 0.6 is 0 Å². The first-order valence-corrected chi connectivity index (χ1v) is 10.1. The number of nitrogens with one attached hydrogen (secondary N) is 1. The van der Waals surface area contributed by atoms with Crippen LogP contribution < -0.4 is 5.32 Å². The Bertz CT molecular complexity index is 467. The van der Waals surface area contributed by atoms with Crippen LogP contribution in [0.5, 0.6) is 0 Å². The molecule has 140 valence electrons. The Morgan fingerprint density at radius 3 is 1.76 bits per heavy atom. The first-order valence-electron chi connectivity index (χ1n) is 10.1. The third kappa shape index (κ3) is 10.8. The smallest absolute Gasteiger partial charge is 0.225 e. The third-order valence-corrected chi connectivity index (χ3v) is 4.64. The molecular weight excluding hydrogens is 310 g/mol. The number of aldehydes is 1. The average molecular weight is 346 g/mol. The highest BCUT2D eigenvalue weighted by atomic mass is 16.2. The number of carbonyl (C=O) groups is 2. The van der Waals surface area contributed by atoms with Gasteiger partial charge in [0, 0.05) is 17.8 Å². The van der Waals surface area contributed by atoms with Crippen molar-refractivity contribution in [3.8, 4) is 0 Å². The standard InChI is InChI=1S/C22H35NO2/c1-2-3-4-5-6-7-8-9-10-11-12-13-18-23-21-16-14-20(15-17-21)22(25)19-24/h14-17,19,23H,2-13,18H2,1H3. The zero-order valence-electron chi connectivity index (χ0n) is 15.9. The van der Waals surface area contributed by atoms with Gasteiger partial charge in [0.25, 0.3) is 0 Å². The number of ketones is 1. The van der Waals surface area contributed by atoms with Gasteiger partial charge in [-0.2, -0.15) is 0 Å². The van der Waals surface area contributed by atoms with Gasteiger partial charge in [-0.1, -0.05) is 77.6 Å². The summed E-state index contributed by atoms with van der Waals surface area (Å²) in [6.45, 7) is 3.22. The quantitative estimate of drug-likeness (QED) is 0.168. The number of benzene rings is 1. The van der Waals surface area contributed by atoms with Crippen LogP contribution in [-0.2, 0) is 4.79 Å². The predicted octanol–water partition coefficient (Wildman–Crippen LogP) is 6.18. The Hall–Kier alpha value is -1.64. The zero-order chi connectivity index (χ0) is 18.2. The molecule has 0 heterocycles.